The summed E-state index contributed by atoms with van der Waals surface area (Å²) in [7, 11) is 0. The molecule has 5 nitrogen and oxygen atoms in total. The molecule has 2 aliphatic heterocycles. The molecule has 6 heteroatoms. The Balaban J connectivity index is 1.81. The van der Waals surface area contributed by atoms with E-state index in [-0.39, 0.29) is 18.1 Å². The largest absolute Gasteiger partial charge is 0.367 e. The van der Waals surface area contributed by atoms with Crippen LogP contribution in [0.25, 0.3) is 22.3 Å². The second kappa shape index (κ2) is 5.64. The van der Waals surface area contributed by atoms with Crippen molar-refractivity contribution in [1.29, 1.82) is 0 Å². The van der Waals surface area contributed by atoms with Crippen LogP contribution in [0.2, 0.25) is 5.02 Å². The first kappa shape index (κ1) is 16.0. The molecule has 1 N–H and O–H groups in total. The monoisotopic (exact) mass is 368 g/mol. The van der Waals surface area contributed by atoms with Gasteiger partial charge < -0.3 is 14.4 Å². The predicted molar refractivity (Wildman–Crippen MR) is 99.4 cm³/mol. The third-order valence-corrected chi connectivity index (χ3v) is 5.93. The summed E-state index contributed by atoms with van der Waals surface area (Å²) in [4.78, 5) is 17.9. The van der Waals surface area contributed by atoms with Crippen LogP contribution in [0.1, 0.15) is 36.0 Å². The van der Waals surface area contributed by atoms with Gasteiger partial charge in [0.1, 0.15) is 0 Å². The molecule has 0 spiro atoms. The van der Waals surface area contributed by atoms with Crippen LogP contribution >= 0.6 is 11.6 Å². The quantitative estimate of drug-likeness (QED) is 0.559. The van der Waals surface area contributed by atoms with Gasteiger partial charge in [-0.1, -0.05) is 36.7 Å². The average Bonchev–Trinajstić information content (AvgIpc) is 3.01. The van der Waals surface area contributed by atoms with Crippen molar-refractivity contribution in [2.24, 2.45) is 0 Å². The summed E-state index contributed by atoms with van der Waals surface area (Å²) in [5.74, 6) is -0.211. The Labute approximate surface area is 154 Å². The van der Waals surface area contributed by atoms with Gasteiger partial charge in [0.15, 0.2) is 6.29 Å². The maximum absolute atomic E-state index is 13.1. The molecule has 0 saturated heterocycles. The van der Waals surface area contributed by atoms with E-state index in [1.54, 1.807) is 4.57 Å². The van der Waals surface area contributed by atoms with Gasteiger partial charge in [0.05, 0.1) is 35.1 Å². The number of hydrogen-bond acceptors (Lipinski definition) is 4. The number of benzene rings is 1. The van der Waals surface area contributed by atoms with E-state index in [4.69, 9.17) is 21.3 Å². The van der Waals surface area contributed by atoms with Gasteiger partial charge in [0.2, 0.25) is 0 Å². The fourth-order valence-electron chi connectivity index (χ4n) is 4.12. The van der Waals surface area contributed by atoms with E-state index in [1.165, 1.54) is 0 Å². The lowest BCUT2D eigenvalue weighted by Crippen LogP contribution is -2.34. The topological polar surface area (TPSA) is 64.3 Å². The second-order valence-corrected chi connectivity index (χ2v) is 7.22. The lowest BCUT2D eigenvalue weighted by molar-refractivity contribution is -0.134. The molecule has 0 radical (unpaired) electrons. The Hall–Kier alpha value is -2.21. The highest BCUT2D eigenvalue weighted by Gasteiger charge is 2.34. The molecule has 2 aromatic heterocycles. The summed E-state index contributed by atoms with van der Waals surface area (Å²) in [5, 5.41) is 11.7. The minimum atomic E-state index is -0.885. The summed E-state index contributed by atoms with van der Waals surface area (Å²) in [5.41, 5.74) is 4.61. The van der Waals surface area contributed by atoms with Crippen LogP contribution in [0, 0.1) is 0 Å². The summed E-state index contributed by atoms with van der Waals surface area (Å²) < 4.78 is 7.13. The predicted octanol–water partition coefficient (Wildman–Crippen LogP) is 3.42. The summed E-state index contributed by atoms with van der Waals surface area (Å²) in [6, 6.07) is 9.71. The van der Waals surface area contributed by atoms with Crippen molar-refractivity contribution in [1.82, 2.24) is 9.55 Å². The number of fused-ring (bicyclic) bond motifs is 5. The number of aromatic nitrogens is 2. The molecular formula is C20H17ClN2O3. The smallest absolute Gasteiger partial charge is 0.257 e. The van der Waals surface area contributed by atoms with Crippen LogP contribution < -0.4 is 5.56 Å². The summed E-state index contributed by atoms with van der Waals surface area (Å²) in [6.07, 6.45) is -0.195. The van der Waals surface area contributed by atoms with E-state index in [0.29, 0.717) is 23.6 Å². The van der Waals surface area contributed by atoms with Gasteiger partial charge in [-0.2, -0.15) is 0 Å². The highest BCUT2D eigenvalue weighted by molar-refractivity contribution is 6.36. The standard InChI is InChI=1S/C20H17ClN2O3/c1-2-10-12-7-16-18-13(17(21)11-5-3-4-6-15(11)22-18)8-23(16)19(24)14(12)9-26-20(10)25/h3-7,10,20,25H,2,8-9H2,1H3/t10-,20-/m0/s1. The minimum absolute atomic E-state index is 0.0824. The van der Waals surface area contributed by atoms with Gasteiger partial charge in [-0.3, -0.25) is 4.79 Å². The number of ether oxygens (including phenoxy) is 1. The van der Waals surface area contributed by atoms with Crippen LogP contribution in [0.3, 0.4) is 0 Å². The van der Waals surface area contributed by atoms with E-state index in [0.717, 1.165) is 33.4 Å². The van der Waals surface area contributed by atoms with E-state index >= 15 is 0 Å². The number of aliphatic hydroxyl groups is 1. The molecule has 1 aromatic carbocycles. The molecule has 2 atom stereocenters. The SMILES string of the molecule is CC[C@H]1c2cc3n(c(=O)c2CO[C@@H]1O)Cc1c-3nc2ccccc2c1Cl. The fourth-order valence-corrected chi connectivity index (χ4v) is 4.43. The number of aliphatic hydroxyl groups excluding tert-OH is 1. The maximum Gasteiger partial charge on any atom is 0.257 e. The fraction of sp³-hybridized carbons (Fsp3) is 0.300. The first-order chi connectivity index (χ1) is 12.6. The molecule has 0 amide bonds. The molecule has 26 heavy (non-hydrogen) atoms. The number of para-hydroxylation sites is 1. The average molecular weight is 369 g/mol. The van der Waals surface area contributed by atoms with Crippen molar-refractivity contribution < 1.29 is 9.84 Å². The molecule has 0 unspecified atom stereocenters. The molecule has 2 aliphatic rings. The van der Waals surface area contributed by atoms with E-state index in [9.17, 15) is 9.90 Å². The summed E-state index contributed by atoms with van der Waals surface area (Å²) >= 11 is 6.65. The van der Waals surface area contributed by atoms with Crippen molar-refractivity contribution in [2.45, 2.75) is 38.7 Å². The number of halogens is 1. The zero-order chi connectivity index (χ0) is 18.0. The van der Waals surface area contributed by atoms with Crippen molar-refractivity contribution >= 4 is 22.5 Å². The molecule has 0 fully saturated rings. The van der Waals surface area contributed by atoms with Gasteiger partial charge in [-0.25, -0.2) is 4.98 Å². The zero-order valence-corrected chi connectivity index (χ0v) is 15.0. The summed E-state index contributed by atoms with van der Waals surface area (Å²) in [6.45, 7) is 2.52. The molecule has 5 rings (SSSR count). The van der Waals surface area contributed by atoms with Gasteiger partial charge in [0.25, 0.3) is 5.56 Å². The molecule has 132 valence electrons. The van der Waals surface area contributed by atoms with Gasteiger partial charge in [0, 0.05) is 22.4 Å². The van der Waals surface area contributed by atoms with Crippen molar-refractivity contribution in [3.8, 4) is 11.4 Å². The lowest BCUT2D eigenvalue weighted by Gasteiger charge is -2.29. The lowest BCUT2D eigenvalue weighted by atomic mass is 9.90. The minimum Gasteiger partial charge on any atom is -0.367 e. The molecule has 0 aliphatic carbocycles. The van der Waals surface area contributed by atoms with Crippen molar-refractivity contribution in [3.05, 3.63) is 62.4 Å². The van der Waals surface area contributed by atoms with Gasteiger partial charge >= 0.3 is 0 Å². The second-order valence-electron chi connectivity index (χ2n) is 6.84. The Bertz CT molecular complexity index is 1120. The molecular weight excluding hydrogens is 352 g/mol. The molecule has 4 heterocycles. The number of hydrogen-bond donors (Lipinski definition) is 1. The number of pyridine rings is 2. The van der Waals surface area contributed by atoms with Crippen LogP contribution in [0.4, 0.5) is 0 Å². The highest BCUT2D eigenvalue weighted by atomic mass is 35.5. The van der Waals surface area contributed by atoms with E-state index in [2.05, 4.69) is 0 Å². The van der Waals surface area contributed by atoms with Gasteiger partial charge in [-0.05, 0) is 24.1 Å². The molecule has 3 aromatic rings. The Morgan fingerprint density at radius 1 is 1.35 bits per heavy atom. The third kappa shape index (κ3) is 2.05. The number of nitrogens with zero attached hydrogens (tertiary/aromatic N) is 2. The zero-order valence-electron chi connectivity index (χ0n) is 14.2. The normalized spacial score (nSPS) is 20.7. The third-order valence-electron chi connectivity index (χ3n) is 5.50. The van der Waals surface area contributed by atoms with E-state index < -0.39 is 6.29 Å². The van der Waals surface area contributed by atoms with Crippen molar-refractivity contribution in [3.63, 3.8) is 0 Å². The van der Waals surface area contributed by atoms with Gasteiger partial charge in [-0.15, -0.1) is 0 Å². The molecule has 0 bridgehead atoms. The number of rotatable bonds is 1. The maximum atomic E-state index is 13.1. The van der Waals surface area contributed by atoms with Crippen molar-refractivity contribution in [2.75, 3.05) is 0 Å². The first-order valence-corrected chi connectivity index (χ1v) is 9.11. The highest BCUT2D eigenvalue weighted by Crippen LogP contribution is 2.40. The molecule has 0 saturated carbocycles. The van der Waals surface area contributed by atoms with Crippen LogP contribution in [-0.4, -0.2) is 20.9 Å². The van der Waals surface area contributed by atoms with E-state index in [1.807, 2.05) is 37.3 Å². The van der Waals surface area contributed by atoms with Crippen LogP contribution in [0.15, 0.2) is 35.1 Å². The Kier molecular flexibility index (Phi) is 3.47. The van der Waals surface area contributed by atoms with Crippen LogP contribution in [0.5, 0.6) is 0 Å². The Morgan fingerprint density at radius 2 is 2.15 bits per heavy atom. The van der Waals surface area contributed by atoms with Crippen LogP contribution in [-0.2, 0) is 17.9 Å². The first-order valence-electron chi connectivity index (χ1n) is 8.74. The Morgan fingerprint density at radius 3 is 2.96 bits per heavy atom.